The molecule has 108 valence electrons. The highest BCUT2D eigenvalue weighted by atomic mass is 16.5. The summed E-state index contributed by atoms with van der Waals surface area (Å²) in [4.78, 5) is 4.46. The molecule has 0 amide bonds. The monoisotopic (exact) mass is 274 g/mol. The summed E-state index contributed by atoms with van der Waals surface area (Å²) < 4.78 is 11.0. The molecule has 0 aliphatic carbocycles. The van der Waals surface area contributed by atoms with Gasteiger partial charge in [0, 0.05) is 12.5 Å². The Bertz CT molecular complexity index is 609. The largest absolute Gasteiger partial charge is 0.496 e. The van der Waals surface area contributed by atoms with Gasteiger partial charge in [-0.2, -0.15) is 0 Å². The number of benzene rings is 1. The van der Waals surface area contributed by atoms with Crippen molar-refractivity contribution in [3.8, 4) is 17.0 Å². The molecule has 0 fully saturated rings. The highest BCUT2D eigenvalue weighted by molar-refractivity contribution is 5.70. The lowest BCUT2D eigenvalue weighted by Gasteiger charge is -2.20. The zero-order chi connectivity index (χ0) is 14.9. The van der Waals surface area contributed by atoms with Crippen molar-refractivity contribution >= 4 is 0 Å². The predicted octanol–water partition coefficient (Wildman–Crippen LogP) is 3.41. The number of methoxy groups -OCH3 is 1. The number of hydrogen-bond donors (Lipinski definition) is 1. The number of oxazole rings is 1. The molecule has 0 unspecified atom stereocenters. The van der Waals surface area contributed by atoms with Gasteiger partial charge in [0.1, 0.15) is 17.2 Å². The molecule has 0 saturated heterocycles. The van der Waals surface area contributed by atoms with E-state index < -0.39 is 0 Å². The molecule has 0 spiro atoms. The van der Waals surface area contributed by atoms with Gasteiger partial charge in [0.2, 0.25) is 0 Å². The lowest BCUT2D eigenvalue weighted by atomic mass is 9.85. The third kappa shape index (κ3) is 2.70. The van der Waals surface area contributed by atoms with Crippen LogP contribution in [0.15, 0.2) is 22.6 Å². The first kappa shape index (κ1) is 14.6. The Morgan fingerprint density at radius 3 is 2.55 bits per heavy atom. The smallest absolute Gasteiger partial charge is 0.191 e. The highest BCUT2D eigenvalue weighted by Crippen LogP contribution is 2.36. The fourth-order valence-corrected chi connectivity index (χ4v) is 2.18. The summed E-state index contributed by atoms with van der Waals surface area (Å²) in [6.45, 7) is 8.67. The minimum absolute atomic E-state index is 0.0582. The van der Waals surface area contributed by atoms with E-state index in [9.17, 15) is 0 Å². The number of rotatable bonds is 3. The van der Waals surface area contributed by atoms with Gasteiger partial charge < -0.3 is 14.9 Å². The van der Waals surface area contributed by atoms with Crippen LogP contribution < -0.4 is 10.5 Å². The summed E-state index contributed by atoms with van der Waals surface area (Å²) in [5.41, 5.74) is 8.72. The average Bonchev–Trinajstić information content (AvgIpc) is 2.78. The van der Waals surface area contributed by atoms with E-state index in [0.29, 0.717) is 18.2 Å². The third-order valence-corrected chi connectivity index (χ3v) is 3.31. The molecule has 0 radical (unpaired) electrons. The topological polar surface area (TPSA) is 61.3 Å². The third-order valence-electron chi connectivity index (χ3n) is 3.31. The second kappa shape index (κ2) is 5.29. The van der Waals surface area contributed by atoms with Crippen molar-refractivity contribution in [1.29, 1.82) is 0 Å². The Kier molecular flexibility index (Phi) is 3.86. The zero-order valence-electron chi connectivity index (χ0n) is 12.8. The van der Waals surface area contributed by atoms with Gasteiger partial charge in [0.15, 0.2) is 5.89 Å². The van der Waals surface area contributed by atoms with Crippen molar-refractivity contribution in [3.63, 3.8) is 0 Å². The van der Waals surface area contributed by atoms with Crippen molar-refractivity contribution in [2.75, 3.05) is 7.11 Å². The maximum Gasteiger partial charge on any atom is 0.191 e. The van der Waals surface area contributed by atoms with Crippen molar-refractivity contribution in [3.05, 3.63) is 35.4 Å². The van der Waals surface area contributed by atoms with Gasteiger partial charge in [-0.1, -0.05) is 26.8 Å². The van der Waals surface area contributed by atoms with Crippen molar-refractivity contribution < 1.29 is 9.15 Å². The maximum absolute atomic E-state index is 5.74. The Morgan fingerprint density at radius 2 is 2.00 bits per heavy atom. The number of aromatic nitrogens is 1. The number of nitrogens with zero attached hydrogens (tertiary/aromatic N) is 1. The van der Waals surface area contributed by atoms with Crippen LogP contribution in [-0.4, -0.2) is 12.1 Å². The molecular weight excluding hydrogens is 252 g/mol. The van der Waals surface area contributed by atoms with Crippen LogP contribution >= 0.6 is 0 Å². The molecule has 0 atom stereocenters. The molecule has 1 aromatic heterocycles. The van der Waals surface area contributed by atoms with E-state index in [4.69, 9.17) is 14.9 Å². The van der Waals surface area contributed by atoms with Crippen LogP contribution in [0.4, 0.5) is 0 Å². The second-order valence-electron chi connectivity index (χ2n) is 5.87. The highest BCUT2D eigenvalue weighted by Gasteiger charge is 2.20. The lowest BCUT2D eigenvalue weighted by Crippen LogP contribution is -2.11. The molecule has 4 nitrogen and oxygen atoms in total. The fraction of sp³-hybridized carbons (Fsp3) is 0.438. The fourth-order valence-electron chi connectivity index (χ4n) is 2.18. The van der Waals surface area contributed by atoms with Crippen molar-refractivity contribution in [2.45, 2.75) is 39.7 Å². The van der Waals surface area contributed by atoms with Gasteiger partial charge in [0.25, 0.3) is 0 Å². The summed E-state index contributed by atoms with van der Waals surface area (Å²) >= 11 is 0. The summed E-state index contributed by atoms with van der Waals surface area (Å²) in [6, 6.07) is 6.16. The van der Waals surface area contributed by atoms with E-state index in [0.717, 1.165) is 17.0 Å². The summed E-state index contributed by atoms with van der Waals surface area (Å²) in [5, 5.41) is 0. The first-order chi connectivity index (χ1) is 9.36. The summed E-state index contributed by atoms with van der Waals surface area (Å²) in [7, 11) is 1.66. The molecule has 1 aromatic carbocycles. The Labute approximate surface area is 120 Å². The van der Waals surface area contributed by atoms with E-state index in [1.165, 1.54) is 5.56 Å². The molecule has 0 bridgehead atoms. The Hall–Kier alpha value is -1.81. The molecule has 20 heavy (non-hydrogen) atoms. The second-order valence-corrected chi connectivity index (χ2v) is 5.87. The first-order valence-electron chi connectivity index (χ1n) is 6.72. The molecule has 0 aliphatic rings. The number of aryl methyl sites for hydroxylation is 1. The average molecular weight is 274 g/mol. The zero-order valence-corrected chi connectivity index (χ0v) is 12.8. The molecule has 0 saturated carbocycles. The van der Waals surface area contributed by atoms with E-state index in [2.05, 4.69) is 37.9 Å². The van der Waals surface area contributed by atoms with Crippen LogP contribution in [0, 0.1) is 6.92 Å². The van der Waals surface area contributed by atoms with Gasteiger partial charge in [0.05, 0.1) is 13.7 Å². The standard InChI is InChI=1S/C16H22N2O2/c1-10-18-15(14(9-17)20-10)12-8-11(16(2,3)4)6-7-13(12)19-5/h6-8H,9,17H2,1-5H3. The van der Waals surface area contributed by atoms with Crippen LogP contribution in [0.2, 0.25) is 0 Å². The molecule has 1 heterocycles. The van der Waals surface area contributed by atoms with Crippen LogP contribution in [0.25, 0.3) is 11.3 Å². The Morgan fingerprint density at radius 1 is 1.30 bits per heavy atom. The molecular formula is C16H22N2O2. The van der Waals surface area contributed by atoms with Crippen molar-refractivity contribution in [1.82, 2.24) is 4.98 Å². The normalized spacial score (nSPS) is 11.7. The maximum atomic E-state index is 5.74. The lowest BCUT2D eigenvalue weighted by molar-refractivity contribution is 0.415. The van der Waals surface area contributed by atoms with Crippen LogP contribution in [-0.2, 0) is 12.0 Å². The first-order valence-corrected chi connectivity index (χ1v) is 6.72. The van der Waals surface area contributed by atoms with Gasteiger partial charge >= 0.3 is 0 Å². The molecule has 4 heteroatoms. The molecule has 2 aromatic rings. The van der Waals surface area contributed by atoms with Crippen molar-refractivity contribution in [2.24, 2.45) is 5.73 Å². The van der Waals surface area contributed by atoms with E-state index in [-0.39, 0.29) is 5.41 Å². The van der Waals surface area contributed by atoms with Crippen LogP contribution in [0.1, 0.15) is 38.0 Å². The van der Waals surface area contributed by atoms with E-state index in [1.54, 1.807) is 7.11 Å². The molecule has 2 rings (SSSR count). The van der Waals surface area contributed by atoms with Gasteiger partial charge in [-0.05, 0) is 23.1 Å². The van der Waals surface area contributed by atoms with Gasteiger partial charge in [-0.3, -0.25) is 0 Å². The quantitative estimate of drug-likeness (QED) is 0.931. The Balaban J connectivity index is 2.64. The summed E-state index contributed by atoms with van der Waals surface area (Å²) in [6.07, 6.45) is 0. The molecule has 0 aliphatic heterocycles. The SMILES string of the molecule is COc1ccc(C(C)(C)C)cc1-c1nc(C)oc1CN. The molecule has 2 N–H and O–H groups in total. The number of ether oxygens (including phenoxy) is 1. The van der Waals surface area contributed by atoms with Crippen LogP contribution in [0.3, 0.4) is 0 Å². The number of hydrogen-bond acceptors (Lipinski definition) is 4. The predicted molar refractivity (Wildman–Crippen MR) is 79.8 cm³/mol. The summed E-state index contributed by atoms with van der Waals surface area (Å²) in [5.74, 6) is 2.08. The van der Waals surface area contributed by atoms with Gasteiger partial charge in [-0.25, -0.2) is 4.98 Å². The van der Waals surface area contributed by atoms with E-state index >= 15 is 0 Å². The number of nitrogens with two attached hydrogens (primary N) is 1. The minimum atomic E-state index is 0.0582. The minimum Gasteiger partial charge on any atom is -0.496 e. The van der Waals surface area contributed by atoms with Gasteiger partial charge in [-0.15, -0.1) is 0 Å². The van der Waals surface area contributed by atoms with Crippen LogP contribution in [0.5, 0.6) is 5.75 Å². The van der Waals surface area contributed by atoms with E-state index in [1.807, 2.05) is 13.0 Å².